The van der Waals surface area contributed by atoms with Crippen molar-refractivity contribution in [3.8, 4) is 5.75 Å². The van der Waals surface area contributed by atoms with Crippen LogP contribution in [0.5, 0.6) is 5.75 Å². The number of fused-ring (bicyclic) bond motifs is 1. The number of anilines is 2. The molecular weight excluding hydrogens is 514 g/mol. The number of ether oxygens (including phenoxy) is 1. The molecule has 12 nitrogen and oxygen atoms in total. The Morgan fingerprint density at radius 3 is 2.77 bits per heavy atom. The number of carbonyl (C=O) groups excluding carboxylic acids is 3. The number of alkyl halides is 2. The predicted molar refractivity (Wildman–Crippen MR) is 138 cm³/mol. The molecule has 1 atom stereocenters. The minimum absolute atomic E-state index is 0.00725. The highest BCUT2D eigenvalue weighted by Gasteiger charge is 2.29. The Morgan fingerprint density at radius 2 is 2.08 bits per heavy atom. The van der Waals surface area contributed by atoms with E-state index >= 15 is 0 Å². The second kappa shape index (κ2) is 11.4. The van der Waals surface area contributed by atoms with Crippen LogP contribution in [-0.2, 0) is 16.0 Å². The summed E-state index contributed by atoms with van der Waals surface area (Å²) in [5, 5.41) is 7.21. The van der Waals surface area contributed by atoms with Gasteiger partial charge in [0.2, 0.25) is 11.8 Å². The summed E-state index contributed by atoms with van der Waals surface area (Å²) in [6.07, 6.45) is 3.81. The Morgan fingerprint density at radius 1 is 1.31 bits per heavy atom. The molecule has 1 fully saturated rings. The van der Waals surface area contributed by atoms with Gasteiger partial charge in [-0.25, -0.2) is 14.6 Å². The van der Waals surface area contributed by atoms with Crippen molar-refractivity contribution in [3.05, 3.63) is 48.4 Å². The highest BCUT2D eigenvalue weighted by atomic mass is 19.3. The Balaban J connectivity index is 1.68. The van der Waals surface area contributed by atoms with E-state index in [0.29, 0.717) is 37.1 Å². The minimum Gasteiger partial charge on any atom is -0.433 e. The average molecular weight is 543 g/mol. The number of piperidine rings is 1. The van der Waals surface area contributed by atoms with Crippen LogP contribution in [-0.4, -0.2) is 81.1 Å². The van der Waals surface area contributed by atoms with Crippen LogP contribution in [0.4, 0.5) is 20.3 Å². The molecule has 206 valence electrons. The van der Waals surface area contributed by atoms with Crippen LogP contribution in [0.3, 0.4) is 0 Å². The summed E-state index contributed by atoms with van der Waals surface area (Å²) in [7, 11) is 3.16. The fourth-order valence-electron chi connectivity index (χ4n) is 4.38. The highest BCUT2D eigenvalue weighted by molar-refractivity contribution is 6.13. The number of nitrogens with one attached hydrogen (secondary N) is 1. The molecule has 0 aliphatic carbocycles. The zero-order valence-corrected chi connectivity index (χ0v) is 21.4. The monoisotopic (exact) mass is 542 g/mol. The third kappa shape index (κ3) is 5.94. The molecule has 1 aliphatic rings. The molecule has 14 heteroatoms. The summed E-state index contributed by atoms with van der Waals surface area (Å²) in [4.78, 5) is 48.9. The van der Waals surface area contributed by atoms with Crippen molar-refractivity contribution in [2.45, 2.75) is 31.9 Å². The zero-order valence-electron chi connectivity index (χ0n) is 21.4. The van der Waals surface area contributed by atoms with Crippen LogP contribution in [0.15, 0.2) is 37.2 Å². The van der Waals surface area contributed by atoms with Crippen LogP contribution >= 0.6 is 0 Å². The van der Waals surface area contributed by atoms with Gasteiger partial charge in [0.05, 0.1) is 23.5 Å². The lowest BCUT2D eigenvalue weighted by Crippen LogP contribution is -2.40. The van der Waals surface area contributed by atoms with E-state index in [2.05, 4.69) is 31.7 Å². The van der Waals surface area contributed by atoms with Crippen molar-refractivity contribution in [1.29, 1.82) is 0 Å². The number of rotatable bonds is 8. The number of hydrogen-bond acceptors (Lipinski definition) is 8. The van der Waals surface area contributed by atoms with Gasteiger partial charge >= 0.3 is 6.61 Å². The summed E-state index contributed by atoms with van der Waals surface area (Å²) in [6, 6.07) is 3.86. The Hall–Kier alpha value is -4.62. The summed E-state index contributed by atoms with van der Waals surface area (Å²) in [5.74, 6) is -1.52. The molecule has 0 saturated carbocycles. The van der Waals surface area contributed by atoms with Gasteiger partial charge in [0.15, 0.2) is 11.3 Å². The first-order chi connectivity index (χ1) is 18.6. The van der Waals surface area contributed by atoms with E-state index in [1.54, 1.807) is 19.0 Å². The maximum Gasteiger partial charge on any atom is 0.387 e. The van der Waals surface area contributed by atoms with Gasteiger partial charge < -0.3 is 25.6 Å². The number of hydrogen-bond donors (Lipinski definition) is 2. The molecule has 3 amide bonds. The number of likely N-dealkylation sites (N-methyl/N-ethyl adjacent to an activating group) is 1. The van der Waals surface area contributed by atoms with Crippen molar-refractivity contribution in [1.82, 2.24) is 29.5 Å². The van der Waals surface area contributed by atoms with E-state index in [-0.39, 0.29) is 52.6 Å². The van der Waals surface area contributed by atoms with E-state index in [1.165, 1.54) is 40.2 Å². The van der Waals surface area contributed by atoms with Crippen LogP contribution in [0.1, 0.15) is 34.9 Å². The second-order valence-corrected chi connectivity index (χ2v) is 9.16. The highest BCUT2D eigenvalue weighted by Crippen LogP contribution is 2.31. The van der Waals surface area contributed by atoms with Gasteiger partial charge in [0.25, 0.3) is 5.91 Å². The third-order valence-electron chi connectivity index (χ3n) is 6.33. The summed E-state index contributed by atoms with van der Waals surface area (Å²) < 4.78 is 32.5. The Bertz CT molecular complexity index is 1420. The van der Waals surface area contributed by atoms with Crippen LogP contribution in [0.25, 0.3) is 11.0 Å². The Labute approximate surface area is 222 Å². The minimum atomic E-state index is -3.17. The van der Waals surface area contributed by atoms with Crippen LogP contribution in [0, 0.1) is 0 Å². The van der Waals surface area contributed by atoms with E-state index in [4.69, 9.17) is 5.73 Å². The second-order valence-electron chi connectivity index (χ2n) is 9.16. The van der Waals surface area contributed by atoms with Gasteiger partial charge in [0, 0.05) is 27.2 Å². The summed E-state index contributed by atoms with van der Waals surface area (Å²) >= 11 is 0. The lowest BCUT2D eigenvalue weighted by molar-refractivity contribution is -0.128. The number of amides is 3. The van der Waals surface area contributed by atoms with Gasteiger partial charge in [-0.1, -0.05) is 12.6 Å². The fraction of sp³-hybridized carbons (Fsp3) is 0.360. The van der Waals surface area contributed by atoms with Gasteiger partial charge in [0.1, 0.15) is 17.9 Å². The molecule has 0 unspecified atom stereocenters. The summed E-state index contributed by atoms with van der Waals surface area (Å²) in [5.41, 5.74) is 6.64. The smallest absolute Gasteiger partial charge is 0.387 e. The molecule has 1 aliphatic heterocycles. The lowest BCUT2D eigenvalue weighted by atomic mass is 10.1. The number of halogens is 2. The predicted octanol–water partition coefficient (Wildman–Crippen LogP) is 2.24. The summed E-state index contributed by atoms with van der Waals surface area (Å²) in [6.45, 7) is 1.25. The molecule has 0 spiro atoms. The first-order valence-electron chi connectivity index (χ1n) is 12.1. The average Bonchev–Trinajstić information content (AvgIpc) is 3.30. The SMILES string of the molecule is C=CC(=O)N1CCC[C@@H](n2nc(C(=O)Nc3ccc(CC(=O)N(C)C)cc3OC(F)F)c3c(N)ncnc32)C1. The topological polar surface area (TPSA) is 149 Å². The molecule has 0 radical (unpaired) electrons. The number of nitrogens with two attached hydrogens (primary N) is 1. The number of carbonyl (C=O) groups is 3. The number of benzene rings is 1. The van der Waals surface area contributed by atoms with Crippen molar-refractivity contribution in [2.75, 3.05) is 38.2 Å². The lowest BCUT2D eigenvalue weighted by Gasteiger charge is -2.32. The van der Waals surface area contributed by atoms with Gasteiger partial charge in [-0.2, -0.15) is 13.9 Å². The largest absolute Gasteiger partial charge is 0.433 e. The maximum absolute atomic E-state index is 13.4. The fourth-order valence-corrected chi connectivity index (χ4v) is 4.38. The van der Waals surface area contributed by atoms with Crippen molar-refractivity contribution < 1.29 is 27.9 Å². The van der Waals surface area contributed by atoms with E-state index < -0.39 is 12.5 Å². The van der Waals surface area contributed by atoms with Crippen molar-refractivity contribution >= 4 is 40.3 Å². The van der Waals surface area contributed by atoms with Crippen LogP contribution in [0.2, 0.25) is 0 Å². The van der Waals surface area contributed by atoms with E-state index in [9.17, 15) is 23.2 Å². The standard InChI is InChI=1S/C25H28F2N8O4/c1-4-18(36)34-9-5-6-15(12-34)35-23-20(22(28)29-13-30-23)21(32-35)24(38)31-16-8-7-14(11-19(37)33(2)3)10-17(16)39-25(26)27/h4,7-8,10,13,15,25H,1,5-6,9,11-12H2,2-3H3,(H,31,38)(H2,28,29,30)/t15-/m1/s1. The van der Waals surface area contributed by atoms with Gasteiger partial charge in [-0.05, 0) is 36.6 Å². The van der Waals surface area contributed by atoms with Gasteiger partial charge in [-0.15, -0.1) is 0 Å². The van der Waals surface area contributed by atoms with Gasteiger partial charge in [-0.3, -0.25) is 14.4 Å². The maximum atomic E-state index is 13.4. The number of aromatic nitrogens is 4. The van der Waals surface area contributed by atoms with Crippen molar-refractivity contribution in [2.24, 2.45) is 0 Å². The first-order valence-corrected chi connectivity index (χ1v) is 12.1. The first kappa shape index (κ1) is 27.4. The molecule has 3 N–H and O–H groups in total. The molecule has 1 aromatic carbocycles. The van der Waals surface area contributed by atoms with Crippen LogP contribution < -0.4 is 15.8 Å². The quantitative estimate of drug-likeness (QED) is 0.412. The molecule has 4 rings (SSSR count). The number of nitrogen functional groups attached to an aromatic ring is 1. The normalized spacial score (nSPS) is 15.3. The Kier molecular flexibility index (Phi) is 8.02. The molecule has 2 aromatic heterocycles. The van der Waals surface area contributed by atoms with E-state index in [1.807, 2.05) is 0 Å². The molecular formula is C25H28F2N8O4. The molecule has 0 bridgehead atoms. The zero-order chi connectivity index (χ0) is 28.3. The number of nitrogens with zero attached hydrogens (tertiary/aromatic N) is 6. The molecule has 39 heavy (non-hydrogen) atoms. The van der Waals surface area contributed by atoms with E-state index in [0.717, 1.165) is 0 Å². The molecule has 3 heterocycles. The molecule has 3 aromatic rings. The molecule has 1 saturated heterocycles. The number of likely N-dealkylation sites (tertiary alicyclic amines) is 1. The third-order valence-corrected chi connectivity index (χ3v) is 6.33. The van der Waals surface area contributed by atoms with Crippen molar-refractivity contribution in [3.63, 3.8) is 0 Å².